The van der Waals surface area contributed by atoms with Gasteiger partial charge in [-0.3, -0.25) is 14.9 Å². The van der Waals surface area contributed by atoms with Gasteiger partial charge in [0.2, 0.25) is 0 Å². The van der Waals surface area contributed by atoms with Gasteiger partial charge in [-0.25, -0.2) is 0 Å². The Morgan fingerprint density at radius 2 is 2.09 bits per heavy atom. The smallest absolute Gasteiger partial charge is 0.273 e. The highest BCUT2D eigenvalue weighted by molar-refractivity contribution is 5.95. The zero-order chi connectivity index (χ0) is 16.1. The quantitative estimate of drug-likeness (QED) is 0.669. The van der Waals surface area contributed by atoms with Crippen molar-refractivity contribution in [3.63, 3.8) is 0 Å². The molecular weight excluding hydrogens is 282 g/mol. The third-order valence-electron chi connectivity index (χ3n) is 4.24. The molecule has 1 aliphatic rings. The highest BCUT2D eigenvalue weighted by Crippen LogP contribution is 2.22. The number of nitrogens with one attached hydrogen (secondary N) is 1. The van der Waals surface area contributed by atoms with E-state index in [1.165, 1.54) is 6.07 Å². The van der Waals surface area contributed by atoms with Crippen molar-refractivity contribution in [1.29, 1.82) is 0 Å². The van der Waals surface area contributed by atoms with Gasteiger partial charge < -0.3 is 10.2 Å². The molecule has 1 aromatic carbocycles. The summed E-state index contributed by atoms with van der Waals surface area (Å²) in [5.41, 5.74) is 0.987. The first kappa shape index (κ1) is 16.4. The van der Waals surface area contributed by atoms with Gasteiger partial charge in [0.1, 0.15) is 0 Å². The van der Waals surface area contributed by atoms with Crippen LogP contribution in [0.3, 0.4) is 0 Å². The largest absolute Gasteiger partial charge is 0.339 e. The Morgan fingerprint density at radius 3 is 2.68 bits per heavy atom. The summed E-state index contributed by atoms with van der Waals surface area (Å²) in [5, 5.41) is 14.3. The molecule has 0 aromatic heterocycles. The molecule has 0 aliphatic carbocycles. The maximum atomic E-state index is 12.5. The molecule has 6 nitrogen and oxygen atoms in total. The molecule has 1 aliphatic heterocycles. The van der Waals surface area contributed by atoms with E-state index in [1.54, 1.807) is 24.0 Å². The molecule has 1 saturated heterocycles. The van der Waals surface area contributed by atoms with Crippen molar-refractivity contribution in [2.24, 2.45) is 5.92 Å². The van der Waals surface area contributed by atoms with E-state index in [0.717, 1.165) is 39.0 Å². The molecule has 0 radical (unpaired) electrons. The first-order valence-corrected chi connectivity index (χ1v) is 7.78. The van der Waals surface area contributed by atoms with Gasteiger partial charge in [-0.05, 0) is 44.8 Å². The molecule has 22 heavy (non-hydrogen) atoms. The number of nitro benzene ring substituents is 1. The van der Waals surface area contributed by atoms with Crippen molar-refractivity contribution in [2.45, 2.75) is 26.7 Å². The van der Waals surface area contributed by atoms with Crippen LogP contribution in [0.25, 0.3) is 0 Å². The Kier molecular flexibility index (Phi) is 5.49. The van der Waals surface area contributed by atoms with Crippen LogP contribution >= 0.6 is 0 Å². The standard InChI is InChI=1S/C16H23N3O3/c1-3-17-11-13-6-8-18(9-7-13)16(20)14-5-4-12(2)15(10-14)19(21)22/h4-5,10,13,17H,3,6-9,11H2,1-2H3. The lowest BCUT2D eigenvalue weighted by atomic mass is 9.96. The molecule has 1 heterocycles. The first-order valence-electron chi connectivity index (χ1n) is 7.78. The van der Waals surface area contributed by atoms with Crippen molar-refractivity contribution >= 4 is 11.6 Å². The predicted octanol–water partition coefficient (Wildman–Crippen LogP) is 2.36. The average molecular weight is 305 g/mol. The van der Waals surface area contributed by atoms with Gasteiger partial charge in [0.15, 0.2) is 0 Å². The second kappa shape index (κ2) is 7.35. The highest BCUT2D eigenvalue weighted by atomic mass is 16.6. The SMILES string of the molecule is CCNCC1CCN(C(=O)c2ccc(C)c([N+](=O)[O-])c2)CC1. The summed E-state index contributed by atoms with van der Waals surface area (Å²) >= 11 is 0. The number of carbonyl (C=O) groups is 1. The van der Waals surface area contributed by atoms with E-state index in [4.69, 9.17) is 0 Å². The number of aryl methyl sites for hydroxylation is 1. The number of hydrogen-bond acceptors (Lipinski definition) is 4. The Hall–Kier alpha value is -1.95. The average Bonchev–Trinajstić information content (AvgIpc) is 2.53. The Balaban J connectivity index is 2.01. The maximum absolute atomic E-state index is 12.5. The minimum atomic E-state index is -0.436. The lowest BCUT2D eigenvalue weighted by Crippen LogP contribution is -2.40. The summed E-state index contributed by atoms with van der Waals surface area (Å²) in [4.78, 5) is 24.9. The molecule has 0 bridgehead atoms. The van der Waals surface area contributed by atoms with E-state index in [2.05, 4.69) is 12.2 Å². The molecule has 1 amide bonds. The Morgan fingerprint density at radius 1 is 1.41 bits per heavy atom. The number of hydrogen-bond donors (Lipinski definition) is 1. The molecule has 0 unspecified atom stereocenters. The minimum Gasteiger partial charge on any atom is -0.339 e. The van der Waals surface area contributed by atoms with E-state index in [-0.39, 0.29) is 11.6 Å². The molecule has 6 heteroatoms. The number of piperidine rings is 1. The molecule has 0 atom stereocenters. The second-order valence-corrected chi connectivity index (χ2v) is 5.80. The predicted molar refractivity (Wildman–Crippen MR) is 85.0 cm³/mol. The second-order valence-electron chi connectivity index (χ2n) is 5.80. The lowest BCUT2D eigenvalue weighted by Gasteiger charge is -2.32. The number of benzene rings is 1. The first-order chi connectivity index (χ1) is 10.5. The third kappa shape index (κ3) is 3.82. The number of amides is 1. The van der Waals surface area contributed by atoms with E-state index in [9.17, 15) is 14.9 Å². The van der Waals surface area contributed by atoms with Crippen LogP contribution in [-0.2, 0) is 0 Å². The highest BCUT2D eigenvalue weighted by Gasteiger charge is 2.24. The van der Waals surface area contributed by atoms with Crippen molar-refractivity contribution in [2.75, 3.05) is 26.2 Å². The van der Waals surface area contributed by atoms with Crippen molar-refractivity contribution < 1.29 is 9.72 Å². The molecular formula is C16H23N3O3. The maximum Gasteiger partial charge on any atom is 0.273 e. The third-order valence-corrected chi connectivity index (χ3v) is 4.24. The van der Waals surface area contributed by atoms with Crippen LogP contribution in [0.5, 0.6) is 0 Å². The van der Waals surface area contributed by atoms with Gasteiger partial charge in [-0.15, -0.1) is 0 Å². The molecule has 2 rings (SSSR count). The van der Waals surface area contributed by atoms with Crippen LogP contribution in [-0.4, -0.2) is 41.9 Å². The molecule has 1 aromatic rings. The van der Waals surface area contributed by atoms with Gasteiger partial charge in [0.05, 0.1) is 4.92 Å². The van der Waals surface area contributed by atoms with E-state index in [1.807, 2.05) is 0 Å². The summed E-state index contributed by atoms with van der Waals surface area (Å²) in [7, 11) is 0. The minimum absolute atomic E-state index is 0.00730. The molecule has 120 valence electrons. The molecule has 0 spiro atoms. The number of rotatable bonds is 5. The topological polar surface area (TPSA) is 75.5 Å². The number of nitrogens with zero attached hydrogens (tertiary/aromatic N) is 2. The molecule has 1 N–H and O–H groups in total. The zero-order valence-corrected chi connectivity index (χ0v) is 13.2. The van der Waals surface area contributed by atoms with Crippen LogP contribution in [0, 0.1) is 23.0 Å². The lowest BCUT2D eigenvalue weighted by molar-refractivity contribution is -0.385. The van der Waals surface area contributed by atoms with Crippen molar-refractivity contribution in [1.82, 2.24) is 10.2 Å². The normalized spacial score (nSPS) is 15.8. The Bertz CT molecular complexity index is 552. The van der Waals surface area contributed by atoms with Gasteiger partial charge in [0, 0.05) is 30.3 Å². The van der Waals surface area contributed by atoms with Crippen molar-refractivity contribution in [3.05, 3.63) is 39.4 Å². The van der Waals surface area contributed by atoms with Gasteiger partial charge >= 0.3 is 0 Å². The van der Waals surface area contributed by atoms with Crippen LogP contribution in [0.15, 0.2) is 18.2 Å². The summed E-state index contributed by atoms with van der Waals surface area (Å²) in [6.07, 6.45) is 1.96. The van der Waals surface area contributed by atoms with Crippen molar-refractivity contribution in [3.8, 4) is 0 Å². The number of nitro groups is 1. The summed E-state index contributed by atoms with van der Waals surface area (Å²) in [6.45, 7) is 7.16. The fourth-order valence-corrected chi connectivity index (χ4v) is 2.81. The summed E-state index contributed by atoms with van der Waals surface area (Å²) in [6, 6.07) is 4.71. The van der Waals surface area contributed by atoms with E-state index < -0.39 is 4.92 Å². The Labute approximate surface area is 130 Å². The van der Waals surface area contributed by atoms with Gasteiger partial charge in [-0.1, -0.05) is 13.0 Å². The zero-order valence-electron chi connectivity index (χ0n) is 13.2. The fraction of sp³-hybridized carbons (Fsp3) is 0.562. The summed E-state index contributed by atoms with van der Waals surface area (Å²) < 4.78 is 0. The van der Waals surface area contributed by atoms with E-state index >= 15 is 0 Å². The van der Waals surface area contributed by atoms with Crippen LogP contribution in [0.1, 0.15) is 35.7 Å². The van der Waals surface area contributed by atoms with Gasteiger partial charge in [-0.2, -0.15) is 0 Å². The van der Waals surface area contributed by atoms with Crippen LogP contribution < -0.4 is 5.32 Å². The number of likely N-dealkylation sites (tertiary alicyclic amines) is 1. The monoisotopic (exact) mass is 305 g/mol. The fourth-order valence-electron chi connectivity index (χ4n) is 2.81. The molecule has 0 saturated carbocycles. The number of carbonyl (C=O) groups excluding carboxylic acids is 1. The van der Waals surface area contributed by atoms with E-state index in [0.29, 0.717) is 17.0 Å². The molecule has 1 fully saturated rings. The summed E-state index contributed by atoms with van der Waals surface area (Å²) in [5.74, 6) is 0.501. The van der Waals surface area contributed by atoms with Gasteiger partial charge in [0.25, 0.3) is 11.6 Å². The van der Waals surface area contributed by atoms with Crippen LogP contribution in [0.2, 0.25) is 0 Å². The van der Waals surface area contributed by atoms with Crippen LogP contribution in [0.4, 0.5) is 5.69 Å².